The van der Waals surface area contributed by atoms with E-state index < -0.39 is 0 Å². The first-order chi connectivity index (χ1) is 9.33. The molecule has 0 bridgehead atoms. The lowest BCUT2D eigenvalue weighted by Gasteiger charge is -2.07. The second-order valence-electron chi connectivity index (χ2n) is 4.41. The van der Waals surface area contributed by atoms with E-state index in [0.29, 0.717) is 6.61 Å². The SMILES string of the molecule is Cn1nccc1CCOc1cnc2ccccc2c1. The number of rotatable bonds is 4. The molecule has 96 valence electrons. The van der Waals surface area contributed by atoms with Gasteiger partial charge in [0, 0.05) is 30.7 Å². The van der Waals surface area contributed by atoms with Gasteiger partial charge in [0.2, 0.25) is 0 Å². The minimum atomic E-state index is 0.625. The lowest BCUT2D eigenvalue weighted by Crippen LogP contribution is -2.06. The second kappa shape index (κ2) is 5.10. The van der Waals surface area contributed by atoms with Crippen molar-refractivity contribution in [3.8, 4) is 5.75 Å². The first-order valence-electron chi connectivity index (χ1n) is 6.27. The van der Waals surface area contributed by atoms with Crippen LogP contribution in [-0.2, 0) is 13.5 Å². The maximum Gasteiger partial charge on any atom is 0.138 e. The van der Waals surface area contributed by atoms with Gasteiger partial charge in [0.1, 0.15) is 5.75 Å². The summed E-state index contributed by atoms with van der Waals surface area (Å²) in [6.45, 7) is 0.625. The maximum atomic E-state index is 5.74. The van der Waals surface area contributed by atoms with Gasteiger partial charge in [0.25, 0.3) is 0 Å². The molecule has 2 heterocycles. The molecular weight excluding hydrogens is 238 g/mol. The second-order valence-corrected chi connectivity index (χ2v) is 4.41. The van der Waals surface area contributed by atoms with Crippen LogP contribution in [0, 0.1) is 0 Å². The lowest BCUT2D eigenvalue weighted by molar-refractivity contribution is 0.318. The fraction of sp³-hybridized carbons (Fsp3) is 0.200. The fourth-order valence-corrected chi connectivity index (χ4v) is 2.05. The van der Waals surface area contributed by atoms with Crippen molar-refractivity contribution >= 4 is 10.9 Å². The van der Waals surface area contributed by atoms with E-state index in [1.165, 1.54) is 0 Å². The number of hydrogen-bond donors (Lipinski definition) is 0. The largest absolute Gasteiger partial charge is 0.492 e. The predicted molar refractivity (Wildman–Crippen MR) is 74.2 cm³/mol. The van der Waals surface area contributed by atoms with Crippen molar-refractivity contribution in [1.82, 2.24) is 14.8 Å². The molecule has 0 aliphatic heterocycles. The molecule has 3 rings (SSSR count). The number of aromatic nitrogens is 3. The van der Waals surface area contributed by atoms with Gasteiger partial charge in [-0.2, -0.15) is 5.10 Å². The third-order valence-electron chi connectivity index (χ3n) is 3.11. The Morgan fingerprint density at radius 3 is 2.95 bits per heavy atom. The first kappa shape index (κ1) is 11.7. The molecule has 0 aliphatic rings. The lowest BCUT2D eigenvalue weighted by atomic mass is 10.2. The highest BCUT2D eigenvalue weighted by Crippen LogP contribution is 2.17. The molecule has 19 heavy (non-hydrogen) atoms. The molecule has 0 saturated carbocycles. The Labute approximate surface area is 111 Å². The van der Waals surface area contributed by atoms with E-state index in [1.807, 2.05) is 48.1 Å². The van der Waals surface area contributed by atoms with Crippen LogP contribution in [0.5, 0.6) is 5.75 Å². The summed E-state index contributed by atoms with van der Waals surface area (Å²) in [6, 6.07) is 12.0. The van der Waals surface area contributed by atoms with Gasteiger partial charge in [-0.15, -0.1) is 0 Å². The quantitative estimate of drug-likeness (QED) is 0.717. The molecule has 1 aromatic carbocycles. The number of aryl methyl sites for hydroxylation is 1. The molecule has 4 nitrogen and oxygen atoms in total. The van der Waals surface area contributed by atoms with E-state index in [4.69, 9.17) is 4.74 Å². The fourth-order valence-electron chi connectivity index (χ4n) is 2.05. The van der Waals surface area contributed by atoms with Crippen LogP contribution in [0.3, 0.4) is 0 Å². The number of nitrogens with zero attached hydrogens (tertiary/aromatic N) is 3. The molecule has 0 atom stereocenters. The van der Waals surface area contributed by atoms with E-state index >= 15 is 0 Å². The summed E-state index contributed by atoms with van der Waals surface area (Å²) in [5.41, 5.74) is 2.15. The monoisotopic (exact) mass is 253 g/mol. The van der Waals surface area contributed by atoms with Crippen molar-refractivity contribution in [2.24, 2.45) is 7.05 Å². The Morgan fingerprint density at radius 1 is 1.21 bits per heavy atom. The Bertz CT molecular complexity index is 690. The number of para-hydroxylation sites is 1. The molecular formula is C15H15N3O. The predicted octanol–water partition coefficient (Wildman–Crippen LogP) is 2.59. The highest BCUT2D eigenvalue weighted by molar-refractivity contribution is 5.79. The Morgan fingerprint density at radius 2 is 2.11 bits per heavy atom. The smallest absolute Gasteiger partial charge is 0.138 e. The Hall–Kier alpha value is -2.36. The number of benzene rings is 1. The standard InChI is InChI=1S/C15H15N3O/c1-18-13(6-8-17-18)7-9-19-14-10-12-4-2-3-5-15(12)16-11-14/h2-6,8,10-11H,7,9H2,1H3. The molecule has 0 saturated heterocycles. The molecule has 2 aromatic heterocycles. The van der Waals surface area contributed by atoms with Gasteiger partial charge < -0.3 is 4.74 Å². The highest BCUT2D eigenvalue weighted by Gasteiger charge is 2.01. The van der Waals surface area contributed by atoms with Crippen molar-refractivity contribution in [3.63, 3.8) is 0 Å². The van der Waals surface area contributed by atoms with Gasteiger partial charge in [-0.3, -0.25) is 9.67 Å². The number of ether oxygens (including phenoxy) is 1. The van der Waals surface area contributed by atoms with E-state index in [9.17, 15) is 0 Å². The summed E-state index contributed by atoms with van der Waals surface area (Å²) >= 11 is 0. The van der Waals surface area contributed by atoms with Gasteiger partial charge in [-0.05, 0) is 18.2 Å². The molecule has 0 N–H and O–H groups in total. The zero-order valence-electron chi connectivity index (χ0n) is 10.8. The highest BCUT2D eigenvalue weighted by atomic mass is 16.5. The Kier molecular flexibility index (Phi) is 3.14. The molecule has 4 heteroatoms. The normalized spacial score (nSPS) is 10.8. The maximum absolute atomic E-state index is 5.74. The van der Waals surface area contributed by atoms with Crippen LogP contribution >= 0.6 is 0 Å². The zero-order chi connectivity index (χ0) is 13.1. The summed E-state index contributed by atoms with van der Waals surface area (Å²) < 4.78 is 7.60. The van der Waals surface area contributed by atoms with E-state index in [-0.39, 0.29) is 0 Å². The number of fused-ring (bicyclic) bond motifs is 1. The van der Waals surface area contributed by atoms with E-state index in [2.05, 4.69) is 10.1 Å². The number of pyridine rings is 1. The van der Waals surface area contributed by atoms with Crippen LogP contribution in [0.4, 0.5) is 0 Å². The van der Waals surface area contributed by atoms with Gasteiger partial charge in [0.15, 0.2) is 0 Å². The summed E-state index contributed by atoms with van der Waals surface area (Å²) in [6.07, 6.45) is 4.40. The van der Waals surface area contributed by atoms with Gasteiger partial charge in [-0.25, -0.2) is 0 Å². The molecule has 0 radical (unpaired) electrons. The van der Waals surface area contributed by atoms with Crippen molar-refractivity contribution in [2.45, 2.75) is 6.42 Å². The molecule has 3 aromatic rings. The van der Waals surface area contributed by atoms with Crippen molar-refractivity contribution < 1.29 is 4.74 Å². The van der Waals surface area contributed by atoms with Crippen LogP contribution in [0.25, 0.3) is 10.9 Å². The third-order valence-corrected chi connectivity index (χ3v) is 3.11. The average molecular weight is 253 g/mol. The third kappa shape index (κ3) is 2.57. The summed E-state index contributed by atoms with van der Waals surface area (Å²) in [5, 5.41) is 5.23. The van der Waals surface area contributed by atoms with Crippen molar-refractivity contribution in [3.05, 3.63) is 54.5 Å². The summed E-state index contributed by atoms with van der Waals surface area (Å²) in [7, 11) is 1.94. The van der Waals surface area contributed by atoms with Crippen LogP contribution in [-0.4, -0.2) is 21.4 Å². The van der Waals surface area contributed by atoms with Crippen LogP contribution < -0.4 is 4.74 Å². The van der Waals surface area contributed by atoms with Crippen LogP contribution in [0.2, 0.25) is 0 Å². The minimum Gasteiger partial charge on any atom is -0.492 e. The zero-order valence-corrected chi connectivity index (χ0v) is 10.8. The van der Waals surface area contributed by atoms with Crippen molar-refractivity contribution in [2.75, 3.05) is 6.61 Å². The topological polar surface area (TPSA) is 39.9 Å². The van der Waals surface area contributed by atoms with Crippen LogP contribution in [0.15, 0.2) is 48.8 Å². The van der Waals surface area contributed by atoms with Gasteiger partial charge >= 0.3 is 0 Å². The van der Waals surface area contributed by atoms with Crippen LogP contribution in [0.1, 0.15) is 5.69 Å². The molecule has 0 unspecified atom stereocenters. The van der Waals surface area contributed by atoms with E-state index in [0.717, 1.165) is 28.8 Å². The minimum absolute atomic E-state index is 0.625. The van der Waals surface area contributed by atoms with Gasteiger partial charge in [0.05, 0.1) is 18.3 Å². The first-order valence-corrected chi connectivity index (χ1v) is 6.27. The number of hydrogen-bond acceptors (Lipinski definition) is 3. The summed E-state index contributed by atoms with van der Waals surface area (Å²) in [4.78, 5) is 4.37. The van der Waals surface area contributed by atoms with Crippen molar-refractivity contribution in [1.29, 1.82) is 0 Å². The molecule has 0 spiro atoms. The molecule has 0 aliphatic carbocycles. The average Bonchev–Trinajstić information content (AvgIpc) is 2.84. The Balaban J connectivity index is 1.67. The van der Waals surface area contributed by atoms with Gasteiger partial charge in [-0.1, -0.05) is 18.2 Å². The molecule has 0 fully saturated rings. The molecule has 0 amide bonds. The van der Waals surface area contributed by atoms with E-state index in [1.54, 1.807) is 12.4 Å². The summed E-state index contributed by atoms with van der Waals surface area (Å²) in [5.74, 6) is 0.806.